The zero-order chi connectivity index (χ0) is 22.5. The van der Waals surface area contributed by atoms with Gasteiger partial charge < -0.3 is 15.4 Å². The first-order valence-electron chi connectivity index (χ1n) is 11.2. The summed E-state index contributed by atoms with van der Waals surface area (Å²) in [6, 6.07) is 0.491. The summed E-state index contributed by atoms with van der Waals surface area (Å²) in [5.74, 6) is 0.515. The molecule has 2 atom stereocenters. The molecule has 172 valence electrons. The highest BCUT2D eigenvalue weighted by molar-refractivity contribution is 5.84. The van der Waals surface area contributed by atoms with Crippen LogP contribution in [0.1, 0.15) is 79.2 Å². The number of halogens is 2. The molecule has 1 aliphatic heterocycles. The van der Waals surface area contributed by atoms with Crippen LogP contribution in [0, 0.1) is 0 Å². The van der Waals surface area contributed by atoms with Gasteiger partial charge in [-0.2, -0.15) is 10.1 Å². The largest absolute Gasteiger partial charge is 0.383 e. The molecule has 2 unspecified atom stereocenters. The van der Waals surface area contributed by atoms with E-state index in [1.54, 1.807) is 0 Å². The van der Waals surface area contributed by atoms with E-state index in [4.69, 9.17) is 15.5 Å². The van der Waals surface area contributed by atoms with Crippen molar-refractivity contribution in [1.29, 1.82) is 0 Å². The van der Waals surface area contributed by atoms with Gasteiger partial charge >= 0.3 is 0 Å². The maximum absolute atomic E-state index is 12.9. The Balaban J connectivity index is 1.43. The summed E-state index contributed by atoms with van der Waals surface area (Å²) in [6.07, 6.45) is 5.68. The Bertz CT molecular complexity index is 1000. The van der Waals surface area contributed by atoms with E-state index >= 15 is 0 Å². The van der Waals surface area contributed by atoms with Gasteiger partial charge in [0.05, 0.1) is 36.1 Å². The van der Waals surface area contributed by atoms with Gasteiger partial charge in [-0.05, 0) is 39.0 Å². The third kappa shape index (κ3) is 4.07. The standard InChI is InChI=1S/C22H28F2N6O2/c1-13-9-29(11-17(32-13)14-8-26-30(10-14)15-2-3-15)21-27-19(16(12-31)20(25)28-21)22(6-7-22)5-4-18(23)24/h8,10,12-13,15,17-18H,2-7,9,11H2,1H3,(H2,25,27,28). The van der Waals surface area contributed by atoms with E-state index in [1.807, 2.05) is 28.9 Å². The number of anilines is 2. The summed E-state index contributed by atoms with van der Waals surface area (Å²) in [7, 11) is 0. The molecule has 32 heavy (non-hydrogen) atoms. The van der Waals surface area contributed by atoms with Gasteiger partial charge in [0.25, 0.3) is 0 Å². The molecule has 2 aliphatic carbocycles. The van der Waals surface area contributed by atoms with Crippen molar-refractivity contribution in [1.82, 2.24) is 19.7 Å². The molecule has 3 fully saturated rings. The summed E-state index contributed by atoms with van der Waals surface area (Å²) in [6.45, 7) is 3.07. The van der Waals surface area contributed by atoms with Crippen LogP contribution in [0.5, 0.6) is 0 Å². The number of aromatic nitrogens is 4. The van der Waals surface area contributed by atoms with E-state index < -0.39 is 11.8 Å². The SMILES string of the molecule is CC1CN(c2nc(N)c(C=O)c(C3(CCC(F)F)CC3)n2)CC(c2cnn(C3CC3)c2)O1. The quantitative estimate of drug-likeness (QED) is 0.620. The van der Waals surface area contributed by atoms with Crippen LogP contribution in [0.2, 0.25) is 0 Å². The normalized spacial score (nSPS) is 24.7. The molecule has 3 aliphatic rings. The van der Waals surface area contributed by atoms with E-state index in [0.29, 0.717) is 37.1 Å². The van der Waals surface area contributed by atoms with Gasteiger partial charge in [0.15, 0.2) is 6.29 Å². The van der Waals surface area contributed by atoms with Crippen LogP contribution in [-0.4, -0.2) is 51.7 Å². The predicted molar refractivity (Wildman–Crippen MR) is 114 cm³/mol. The second-order valence-electron chi connectivity index (χ2n) is 9.32. The first-order chi connectivity index (χ1) is 15.4. The molecular weight excluding hydrogens is 418 g/mol. The van der Waals surface area contributed by atoms with Gasteiger partial charge in [0.1, 0.15) is 11.9 Å². The lowest BCUT2D eigenvalue weighted by Gasteiger charge is -2.37. The highest BCUT2D eigenvalue weighted by Gasteiger charge is 2.48. The second-order valence-corrected chi connectivity index (χ2v) is 9.32. The molecule has 3 heterocycles. The van der Waals surface area contributed by atoms with E-state index in [-0.39, 0.29) is 36.4 Å². The first kappa shape index (κ1) is 21.2. The van der Waals surface area contributed by atoms with Crippen molar-refractivity contribution in [3.63, 3.8) is 0 Å². The molecule has 1 saturated heterocycles. The summed E-state index contributed by atoms with van der Waals surface area (Å²) in [5.41, 5.74) is 7.36. The first-order valence-corrected chi connectivity index (χ1v) is 11.2. The Kier molecular flexibility index (Phi) is 5.35. The molecule has 2 saturated carbocycles. The van der Waals surface area contributed by atoms with Crippen LogP contribution >= 0.6 is 0 Å². The molecular formula is C22H28F2N6O2. The number of alkyl halides is 2. The van der Waals surface area contributed by atoms with Gasteiger partial charge in [0.2, 0.25) is 12.4 Å². The van der Waals surface area contributed by atoms with Crippen LogP contribution in [0.15, 0.2) is 12.4 Å². The van der Waals surface area contributed by atoms with Crippen LogP contribution in [-0.2, 0) is 10.2 Å². The lowest BCUT2D eigenvalue weighted by atomic mass is 9.92. The van der Waals surface area contributed by atoms with Crippen molar-refractivity contribution < 1.29 is 18.3 Å². The van der Waals surface area contributed by atoms with E-state index in [2.05, 4.69) is 10.1 Å². The number of carbonyl (C=O) groups excluding carboxylic acids is 1. The molecule has 0 amide bonds. The van der Waals surface area contributed by atoms with Crippen molar-refractivity contribution in [3.8, 4) is 0 Å². The third-order valence-corrected chi connectivity index (χ3v) is 6.74. The molecule has 0 radical (unpaired) electrons. The Morgan fingerprint density at radius 1 is 1.31 bits per heavy atom. The topological polar surface area (TPSA) is 99.2 Å². The molecule has 0 bridgehead atoms. The highest BCUT2D eigenvalue weighted by atomic mass is 19.3. The van der Waals surface area contributed by atoms with Crippen molar-refractivity contribution >= 4 is 18.1 Å². The number of nitrogens with two attached hydrogens (primary N) is 1. The zero-order valence-corrected chi connectivity index (χ0v) is 18.1. The minimum Gasteiger partial charge on any atom is -0.383 e. The minimum atomic E-state index is -2.39. The third-order valence-electron chi connectivity index (χ3n) is 6.74. The summed E-state index contributed by atoms with van der Waals surface area (Å²) in [4.78, 5) is 22.9. The van der Waals surface area contributed by atoms with Gasteiger partial charge in [-0.25, -0.2) is 13.8 Å². The number of hydrogen-bond acceptors (Lipinski definition) is 7. The van der Waals surface area contributed by atoms with Crippen LogP contribution in [0.25, 0.3) is 0 Å². The van der Waals surface area contributed by atoms with Gasteiger partial charge in [-0.15, -0.1) is 0 Å². The van der Waals surface area contributed by atoms with Gasteiger partial charge in [-0.3, -0.25) is 9.48 Å². The van der Waals surface area contributed by atoms with E-state index in [0.717, 1.165) is 31.2 Å². The molecule has 2 aromatic rings. The number of rotatable bonds is 8. The Morgan fingerprint density at radius 2 is 2.09 bits per heavy atom. The molecule has 10 heteroatoms. The number of ether oxygens (including phenoxy) is 1. The average molecular weight is 447 g/mol. The van der Waals surface area contributed by atoms with E-state index in [1.165, 1.54) is 0 Å². The van der Waals surface area contributed by atoms with Crippen molar-refractivity contribution in [2.24, 2.45) is 0 Å². The molecule has 8 nitrogen and oxygen atoms in total. The van der Waals surface area contributed by atoms with Gasteiger partial charge in [-0.1, -0.05) is 0 Å². The Hall–Kier alpha value is -2.62. The van der Waals surface area contributed by atoms with Crippen LogP contribution in [0.4, 0.5) is 20.5 Å². The Morgan fingerprint density at radius 3 is 2.75 bits per heavy atom. The fraction of sp³-hybridized carbons (Fsp3) is 0.636. The Labute approximate surface area is 185 Å². The summed E-state index contributed by atoms with van der Waals surface area (Å²) in [5, 5.41) is 4.47. The van der Waals surface area contributed by atoms with Crippen molar-refractivity contribution in [3.05, 3.63) is 29.2 Å². The molecule has 2 N–H and O–H groups in total. The molecule has 0 spiro atoms. The minimum absolute atomic E-state index is 0.0780. The molecule has 5 rings (SSSR count). The summed E-state index contributed by atoms with van der Waals surface area (Å²) >= 11 is 0. The number of carbonyl (C=O) groups is 1. The fourth-order valence-electron chi connectivity index (χ4n) is 4.63. The number of morpholine rings is 1. The number of aldehydes is 1. The fourth-order valence-corrected chi connectivity index (χ4v) is 4.63. The monoisotopic (exact) mass is 446 g/mol. The number of nitrogen functional groups attached to an aromatic ring is 1. The van der Waals surface area contributed by atoms with Crippen LogP contribution < -0.4 is 10.6 Å². The van der Waals surface area contributed by atoms with Crippen molar-refractivity contribution in [2.75, 3.05) is 23.7 Å². The number of nitrogens with zero attached hydrogens (tertiary/aromatic N) is 5. The zero-order valence-electron chi connectivity index (χ0n) is 18.1. The molecule has 0 aromatic carbocycles. The van der Waals surface area contributed by atoms with Crippen LogP contribution in [0.3, 0.4) is 0 Å². The van der Waals surface area contributed by atoms with E-state index in [9.17, 15) is 13.6 Å². The predicted octanol–water partition coefficient (Wildman–Crippen LogP) is 3.45. The maximum atomic E-state index is 12.9. The van der Waals surface area contributed by atoms with Crippen molar-refractivity contribution in [2.45, 2.75) is 75.5 Å². The van der Waals surface area contributed by atoms with Gasteiger partial charge in [0, 0.05) is 30.1 Å². The average Bonchev–Trinajstić information content (AvgIpc) is 3.70. The molecule has 2 aromatic heterocycles. The number of hydrogen-bond donors (Lipinski definition) is 1. The smallest absolute Gasteiger partial charge is 0.238 e. The lowest BCUT2D eigenvalue weighted by Crippen LogP contribution is -2.44. The lowest BCUT2D eigenvalue weighted by molar-refractivity contribution is -0.0179. The maximum Gasteiger partial charge on any atom is 0.238 e. The second kappa shape index (κ2) is 8.06. The summed E-state index contributed by atoms with van der Waals surface area (Å²) < 4.78 is 33.9. The highest BCUT2D eigenvalue weighted by Crippen LogP contribution is 2.53.